The van der Waals surface area contributed by atoms with Crippen molar-refractivity contribution in [3.63, 3.8) is 0 Å². The average Bonchev–Trinajstić information content (AvgIpc) is 3.01. The topological polar surface area (TPSA) is 12.9 Å². The first-order valence-electron chi connectivity index (χ1n) is 6.87. The van der Waals surface area contributed by atoms with E-state index < -0.39 is 17.0 Å². The van der Waals surface area contributed by atoms with Crippen LogP contribution in [0.1, 0.15) is 5.01 Å². The van der Waals surface area contributed by atoms with Gasteiger partial charge in [0.15, 0.2) is 5.01 Å². The molecule has 0 amide bonds. The van der Waals surface area contributed by atoms with Gasteiger partial charge < -0.3 is 0 Å². The standard InChI is InChI=1S/C17H11F4NS2/c1-23-13-8-4-10(5-9-13)14-15(11-2-6-12(18)7-3-11)24-16(22-14)17(19,20)21/h2-9H,1H3. The minimum Gasteiger partial charge on any atom is -0.231 e. The van der Waals surface area contributed by atoms with Crippen molar-refractivity contribution in [3.05, 3.63) is 59.4 Å². The SMILES string of the molecule is CSc1ccc(-c2nc(C(F)(F)F)sc2-c2ccc(F)cc2)cc1. The zero-order valence-corrected chi connectivity index (χ0v) is 14.0. The van der Waals surface area contributed by atoms with Crippen molar-refractivity contribution in [1.29, 1.82) is 0 Å². The molecule has 0 bridgehead atoms. The van der Waals surface area contributed by atoms with Crippen LogP contribution in [0.25, 0.3) is 21.7 Å². The second-order valence-electron chi connectivity index (χ2n) is 4.93. The van der Waals surface area contributed by atoms with Crippen molar-refractivity contribution in [2.75, 3.05) is 6.26 Å². The van der Waals surface area contributed by atoms with Crippen molar-refractivity contribution in [2.45, 2.75) is 11.1 Å². The molecule has 3 aromatic rings. The Balaban J connectivity index is 2.15. The minimum absolute atomic E-state index is 0.256. The highest BCUT2D eigenvalue weighted by atomic mass is 32.2. The first-order chi connectivity index (χ1) is 11.4. The van der Waals surface area contributed by atoms with Crippen LogP contribution >= 0.6 is 23.1 Å². The largest absolute Gasteiger partial charge is 0.443 e. The van der Waals surface area contributed by atoms with E-state index in [0.29, 0.717) is 27.3 Å². The van der Waals surface area contributed by atoms with E-state index in [2.05, 4.69) is 4.98 Å². The van der Waals surface area contributed by atoms with Gasteiger partial charge in [0.05, 0.1) is 10.6 Å². The zero-order valence-electron chi connectivity index (χ0n) is 12.4. The molecule has 3 rings (SSSR count). The fourth-order valence-corrected chi connectivity index (χ4v) is 3.55. The molecule has 0 saturated heterocycles. The molecule has 0 fully saturated rings. The number of benzene rings is 2. The molecule has 0 aliphatic carbocycles. The summed E-state index contributed by atoms with van der Waals surface area (Å²) >= 11 is 2.11. The first-order valence-corrected chi connectivity index (χ1v) is 8.91. The van der Waals surface area contributed by atoms with E-state index in [1.807, 2.05) is 18.4 Å². The maximum absolute atomic E-state index is 13.1. The summed E-state index contributed by atoms with van der Waals surface area (Å²) in [6.45, 7) is 0. The summed E-state index contributed by atoms with van der Waals surface area (Å²) in [7, 11) is 0. The van der Waals surface area contributed by atoms with Gasteiger partial charge in [0, 0.05) is 10.5 Å². The number of alkyl halides is 3. The number of hydrogen-bond acceptors (Lipinski definition) is 3. The first kappa shape index (κ1) is 17.0. The van der Waals surface area contributed by atoms with Gasteiger partial charge in [-0.2, -0.15) is 13.2 Å². The number of rotatable bonds is 3. The Morgan fingerprint density at radius 2 is 1.50 bits per heavy atom. The lowest BCUT2D eigenvalue weighted by Gasteiger charge is -2.04. The van der Waals surface area contributed by atoms with Crippen LogP contribution in [0, 0.1) is 5.82 Å². The minimum atomic E-state index is -4.52. The monoisotopic (exact) mass is 369 g/mol. The Labute approximate surface area is 144 Å². The van der Waals surface area contributed by atoms with Crippen LogP contribution in [0.15, 0.2) is 53.4 Å². The van der Waals surface area contributed by atoms with Crippen molar-refractivity contribution >= 4 is 23.1 Å². The Morgan fingerprint density at radius 1 is 0.917 bits per heavy atom. The second-order valence-corrected chi connectivity index (χ2v) is 6.81. The fourth-order valence-electron chi connectivity index (χ4n) is 2.18. The van der Waals surface area contributed by atoms with Crippen molar-refractivity contribution in [1.82, 2.24) is 4.98 Å². The molecule has 1 nitrogen and oxygen atoms in total. The molecule has 24 heavy (non-hydrogen) atoms. The Hall–Kier alpha value is -1.86. The molecule has 1 heterocycles. The maximum Gasteiger partial charge on any atom is 0.443 e. The van der Waals surface area contributed by atoms with Gasteiger partial charge in [-0.1, -0.05) is 24.3 Å². The summed E-state index contributed by atoms with van der Waals surface area (Å²) in [5.74, 6) is -0.440. The number of nitrogens with zero attached hydrogens (tertiary/aromatic N) is 1. The molecule has 0 unspecified atom stereocenters. The predicted octanol–water partition coefficient (Wildman–Crippen LogP) is 6.36. The molecule has 0 radical (unpaired) electrons. The quantitative estimate of drug-likeness (QED) is 0.394. The Morgan fingerprint density at radius 3 is 2.04 bits per heavy atom. The van der Waals surface area contributed by atoms with E-state index in [1.165, 1.54) is 24.3 Å². The summed E-state index contributed by atoms with van der Waals surface area (Å²) in [4.78, 5) is 5.18. The Bertz CT molecular complexity index is 837. The fraction of sp³-hybridized carbons (Fsp3) is 0.118. The molecule has 0 saturated carbocycles. The van der Waals surface area contributed by atoms with Gasteiger partial charge in [-0.25, -0.2) is 9.37 Å². The van der Waals surface area contributed by atoms with E-state index in [1.54, 1.807) is 23.9 Å². The van der Waals surface area contributed by atoms with Crippen LogP contribution in [0.4, 0.5) is 17.6 Å². The van der Waals surface area contributed by atoms with Gasteiger partial charge in [0.1, 0.15) is 5.82 Å². The molecular formula is C17H11F4NS2. The smallest absolute Gasteiger partial charge is 0.231 e. The maximum atomic E-state index is 13.1. The van der Waals surface area contributed by atoms with Crippen LogP contribution < -0.4 is 0 Å². The number of thioether (sulfide) groups is 1. The van der Waals surface area contributed by atoms with Crippen molar-refractivity contribution < 1.29 is 17.6 Å². The molecule has 124 valence electrons. The van der Waals surface area contributed by atoms with E-state index in [0.717, 1.165) is 4.90 Å². The summed E-state index contributed by atoms with van der Waals surface area (Å²) in [5, 5.41) is -0.911. The normalized spacial score (nSPS) is 11.7. The molecule has 2 aromatic carbocycles. The number of halogens is 4. The third-order valence-corrected chi connectivity index (χ3v) is 5.23. The van der Waals surface area contributed by atoms with E-state index >= 15 is 0 Å². The highest BCUT2D eigenvalue weighted by molar-refractivity contribution is 7.98. The van der Waals surface area contributed by atoms with Crippen LogP contribution in [-0.2, 0) is 6.18 Å². The molecular weight excluding hydrogens is 358 g/mol. The number of thiazole rings is 1. The van der Waals surface area contributed by atoms with E-state index in [9.17, 15) is 17.6 Å². The van der Waals surface area contributed by atoms with Crippen LogP contribution in [0.2, 0.25) is 0 Å². The molecule has 1 aromatic heterocycles. The molecule has 0 spiro atoms. The molecule has 7 heteroatoms. The van der Waals surface area contributed by atoms with Crippen molar-refractivity contribution in [2.24, 2.45) is 0 Å². The lowest BCUT2D eigenvalue weighted by molar-refractivity contribution is -0.137. The Kier molecular flexibility index (Phi) is 4.64. The van der Waals surface area contributed by atoms with Crippen molar-refractivity contribution in [3.8, 4) is 21.7 Å². The molecule has 0 atom stereocenters. The number of hydrogen-bond donors (Lipinski definition) is 0. The predicted molar refractivity (Wildman–Crippen MR) is 89.7 cm³/mol. The highest BCUT2D eigenvalue weighted by Crippen LogP contribution is 2.42. The summed E-state index contributed by atoms with van der Waals surface area (Å²) in [5.41, 5.74) is 1.36. The van der Waals surface area contributed by atoms with Gasteiger partial charge in [-0.3, -0.25) is 0 Å². The summed E-state index contributed by atoms with van der Waals surface area (Å²) < 4.78 is 52.3. The number of aromatic nitrogens is 1. The van der Waals surface area contributed by atoms with Gasteiger partial charge in [0.25, 0.3) is 0 Å². The van der Waals surface area contributed by atoms with Gasteiger partial charge in [-0.05, 0) is 36.1 Å². The molecule has 0 aliphatic heterocycles. The molecule has 0 N–H and O–H groups in total. The average molecular weight is 369 g/mol. The van der Waals surface area contributed by atoms with Crippen LogP contribution in [0.3, 0.4) is 0 Å². The molecule has 0 aliphatic rings. The lowest BCUT2D eigenvalue weighted by atomic mass is 10.1. The lowest BCUT2D eigenvalue weighted by Crippen LogP contribution is -2.03. The van der Waals surface area contributed by atoms with Gasteiger partial charge in [0.2, 0.25) is 0 Å². The van der Waals surface area contributed by atoms with Crippen LogP contribution in [0.5, 0.6) is 0 Å². The second kappa shape index (κ2) is 6.57. The summed E-state index contributed by atoms with van der Waals surface area (Å²) in [6.07, 6.45) is -2.60. The van der Waals surface area contributed by atoms with E-state index in [4.69, 9.17) is 0 Å². The van der Waals surface area contributed by atoms with Gasteiger partial charge in [-0.15, -0.1) is 23.1 Å². The third kappa shape index (κ3) is 3.47. The zero-order chi connectivity index (χ0) is 17.3. The third-order valence-electron chi connectivity index (χ3n) is 3.34. The van der Waals surface area contributed by atoms with Gasteiger partial charge >= 0.3 is 6.18 Å². The van der Waals surface area contributed by atoms with Crippen LogP contribution in [-0.4, -0.2) is 11.2 Å². The summed E-state index contributed by atoms with van der Waals surface area (Å²) in [6, 6.07) is 12.5. The van der Waals surface area contributed by atoms with E-state index in [-0.39, 0.29) is 5.69 Å². The highest BCUT2D eigenvalue weighted by Gasteiger charge is 2.36.